The van der Waals surface area contributed by atoms with Crippen LogP contribution in [0.5, 0.6) is 34.5 Å². The van der Waals surface area contributed by atoms with E-state index in [9.17, 15) is 14.4 Å². The van der Waals surface area contributed by atoms with Crippen molar-refractivity contribution in [3.8, 4) is 45.6 Å². The average Bonchev–Trinajstić information content (AvgIpc) is 1.53. The van der Waals surface area contributed by atoms with Crippen molar-refractivity contribution in [2.75, 3.05) is 0 Å². The molecule has 1 aliphatic carbocycles. The third kappa shape index (κ3) is 21.7. The molecule has 23 heteroatoms. The van der Waals surface area contributed by atoms with Crippen molar-refractivity contribution in [2.24, 2.45) is 0 Å². The summed E-state index contributed by atoms with van der Waals surface area (Å²) in [5.74, 6) is 2.24. The first-order chi connectivity index (χ1) is 48.4. The lowest BCUT2D eigenvalue weighted by Gasteiger charge is -2.41. The Morgan fingerprint density at radius 2 is 0.663 bits per heavy atom. The van der Waals surface area contributed by atoms with Gasteiger partial charge in [0.1, 0.15) is 34.5 Å². The highest BCUT2D eigenvalue weighted by molar-refractivity contribution is 6.90. The molecule has 554 valence electrons. The first-order valence-corrected chi connectivity index (χ1v) is 60.4. The molecule has 8 aromatic carbocycles. The smallest absolute Gasteiger partial charge is 0.437 e. The Labute approximate surface area is 626 Å². The van der Waals surface area contributed by atoms with Crippen molar-refractivity contribution in [2.45, 2.75) is 194 Å². The summed E-state index contributed by atoms with van der Waals surface area (Å²) in [6.45, 7) is 47.2. The molecule has 0 N–H and O–H groups in total. The molecule has 0 saturated heterocycles. The van der Waals surface area contributed by atoms with E-state index >= 15 is 0 Å². The van der Waals surface area contributed by atoms with Crippen molar-refractivity contribution in [3.05, 3.63) is 238 Å². The van der Waals surface area contributed by atoms with Crippen LogP contribution < -0.4 is 28.4 Å². The van der Waals surface area contributed by atoms with E-state index in [1.165, 1.54) is 0 Å². The average molecular weight is 1550 g/mol. The quantitative estimate of drug-likeness (QED) is 0.0237. The fraction of sp³-hybridized carbons (Fsp3) is 0.370. The van der Waals surface area contributed by atoms with Crippen molar-refractivity contribution in [1.29, 1.82) is 0 Å². The van der Waals surface area contributed by atoms with Gasteiger partial charge in [-0.05, 0) is 285 Å². The van der Waals surface area contributed by atoms with Crippen LogP contribution in [0.25, 0.3) is 11.1 Å². The molecule has 8 aromatic rings. The lowest BCUT2D eigenvalue weighted by atomic mass is 9.67. The van der Waals surface area contributed by atoms with E-state index in [0.29, 0.717) is 52.9 Å². The van der Waals surface area contributed by atoms with Crippen molar-refractivity contribution >= 4 is 86.0 Å². The van der Waals surface area contributed by atoms with Crippen LogP contribution >= 0.6 is 0 Å². The third-order valence-electron chi connectivity index (χ3n) is 17.7. The van der Waals surface area contributed by atoms with Crippen LogP contribution in [0.4, 0.5) is 14.4 Å². The maximum absolute atomic E-state index is 13.9. The number of hydrogen-bond acceptors (Lipinski definition) is 15. The summed E-state index contributed by atoms with van der Waals surface area (Å²) >= 11 is 0. The zero-order valence-electron chi connectivity index (χ0n) is 65.2. The molecule has 15 nitrogen and oxygen atoms in total. The first kappa shape index (κ1) is 81.1. The summed E-state index contributed by atoms with van der Waals surface area (Å²) in [5, 5.41) is 0. The van der Waals surface area contributed by atoms with Crippen LogP contribution in [0, 0.1) is 13.8 Å². The Morgan fingerprint density at radius 1 is 0.346 bits per heavy atom. The van der Waals surface area contributed by atoms with E-state index in [0.717, 1.165) is 86.1 Å². The molecule has 0 aromatic heterocycles. The number of hydrogen-bond donors (Lipinski definition) is 0. The highest BCUT2D eigenvalue weighted by Gasteiger charge is 2.48. The Bertz CT molecular complexity index is 4300. The lowest BCUT2D eigenvalue weighted by Crippen LogP contribution is -2.56. The maximum atomic E-state index is 13.9. The van der Waals surface area contributed by atoms with E-state index in [1.54, 1.807) is 36.4 Å². The summed E-state index contributed by atoms with van der Waals surface area (Å²) < 4.78 is 76.1. The number of aryl methyl sites for hydroxylation is 4. The molecule has 0 radical (unpaired) electrons. The molecule has 1 aliphatic rings. The van der Waals surface area contributed by atoms with E-state index < -0.39 is 96.8 Å². The van der Waals surface area contributed by atoms with Gasteiger partial charge < -0.3 is 53.1 Å². The van der Waals surface area contributed by atoms with Gasteiger partial charge in [-0.3, -0.25) is 0 Å². The summed E-state index contributed by atoms with van der Waals surface area (Å²) in [5.41, 5.74) is 10.1. The zero-order valence-corrected chi connectivity index (χ0v) is 73.2. The van der Waals surface area contributed by atoms with Crippen LogP contribution in [0.1, 0.15) is 82.3 Å². The zero-order chi connectivity index (χ0) is 76.1. The van der Waals surface area contributed by atoms with Gasteiger partial charge in [0, 0.05) is 5.41 Å². The third-order valence-corrected chi connectivity index (χ3v) is 44.8. The van der Waals surface area contributed by atoms with Crippen LogP contribution in [0.15, 0.2) is 182 Å². The van der Waals surface area contributed by atoms with Crippen molar-refractivity contribution in [3.63, 3.8) is 0 Å². The van der Waals surface area contributed by atoms with Crippen LogP contribution in [-0.2, 0) is 48.4 Å². The first-order valence-electron chi connectivity index (χ1n) is 36.1. The molecular formula is C81H108O15Si8. The van der Waals surface area contributed by atoms with Crippen LogP contribution in [0.2, 0.25) is 130 Å². The van der Waals surface area contributed by atoms with E-state index in [1.807, 2.05) is 98.8 Å². The standard InChI is InChI=1S/C81H108O15Si8/c1-59-57-65(81(71-39-27-25-37-69(71)70-38-26-28-40-72(70)81)66-48-54-74(60(2)58-66)88-79(84)90-76-42-30-24-34-62(76)36-32-56-104(22,94-100(14,15)16)96-102(19,20)92-98(8,9)10)47-53-73(59)87-77(82)85-67-49-43-63(44-50-67)80(3,4)64-45-51-68(52-46-64)86-78(83)89-75-41-29-23-33-61(75)35-31-55-103(21,93-99(11,12)13)95-101(17,18)91-97(5,6)7/h23-30,33-34,37-54,57-58H,31-32,35-36,55-56H2,1-22H3. The van der Waals surface area contributed by atoms with Gasteiger partial charge in [0.15, 0.2) is 33.3 Å². The molecule has 0 saturated carbocycles. The Morgan fingerprint density at radius 3 is 1.01 bits per heavy atom. The SMILES string of the molecule is Cc1cc(C2(c3ccc(OC(=O)Oc4ccccc4CCC[Si](C)(O[Si](C)(C)C)O[Si](C)(C)O[Si](C)(C)C)c(C)c3)c3ccccc3-c3ccccc32)ccc1OC(=O)Oc1ccc(C(C)(C)c2ccc(OC(=O)Oc3ccccc3CCC[Si](C)(O[Si](C)(C)C)O[Si](C)(C)O[Si](C)(C)C)cc2)cc1. The number of fused-ring (bicyclic) bond motifs is 3. The summed E-state index contributed by atoms with van der Waals surface area (Å²) in [6, 6.07) is 60.0. The number of para-hydroxylation sites is 2. The molecular weight excluding hydrogens is 1440 g/mol. The number of rotatable bonds is 30. The minimum Gasteiger partial charge on any atom is -0.437 e. The number of carbonyl (C=O) groups excluding carboxylic acids is 3. The Balaban J connectivity index is 0.834. The van der Waals surface area contributed by atoms with Crippen molar-refractivity contribution < 1.29 is 67.5 Å². The van der Waals surface area contributed by atoms with Crippen LogP contribution in [0.3, 0.4) is 0 Å². The molecule has 104 heavy (non-hydrogen) atoms. The highest BCUT2D eigenvalue weighted by atomic mass is 28.5. The largest absolute Gasteiger partial charge is 0.519 e. The van der Waals surface area contributed by atoms with Gasteiger partial charge in [-0.15, -0.1) is 0 Å². The molecule has 0 amide bonds. The van der Waals surface area contributed by atoms with E-state index in [2.05, 4.69) is 192 Å². The molecule has 9 rings (SSSR count). The Hall–Kier alpha value is -6.93. The summed E-state index contributed by atoms with van der Waals surface area (Å²) in [6.07, 6.45) is 0.317. The highest BCUT2D eigenvalue weighted by Crippen LogP contribution is 2.57. The van der Waals surface area contributed by atoms with Crippen LogP contribution in [-0.4, -0.2) is 86.0 Å². The monoisotopic (exact) mass is 1540 g/mol. The summed E-state index contributed by atoms with van der Waals surface area (Å²) in [7, 11) is -17.8. The predicted octanol–water partition coefficient (Wildman–Crippen LogP) is 22.6. The molecule has 2 atom stereocenters. The fourth-order valence-electron chi connectivity index (χ4n) is 14.6. The van der Waals surface area contributed by atoms with Gasteiger partial charge in [0.2, 0.25) is 0 Å². The number of benzene rings is 8. The van der Waals surface area contributed by atoms with Gasteiger partial charge in [-0.25, -0.2) is 14.4 Å². The van der Waals surface area contributed by atoms with Gasteiger partial charge in [0.25, 0.3) is 0 Å². The lowest BCUT2D eigenvalue weighted by molar-refractivity contribution is 0.150. The maximum Gasteiger partial charge on any atom is 0.519 e. The second-order valence-electron chi connectivity index (χ2n) is 32.9. The molecule has 2 unspecified atom stereocenters. The van der Waals surface area contributed by atoms with Gasteiger partial charge in [0.05, 0.1) is 5.41 Å². The topological polar surface area (TPSA) is 162 Å². The van der Waals surface area contributed by atoms with E-state index in [4.69, 9.17) is 53.1 Å². The molecule has 0 aliphatic heterocycles. The van der Waals surface area contributed by atoms with Crippen molar-refractivity contribution in [1.82, 2.24) is 0 Å². The predicted molar refractivity (Wildman–Crippen MR) is 435 cm³/mol. The van der Waals surface area contributed by atoms with Gasteiger partial charge in [-0.2, -0.15) is 0 Å². The van der Waals surface area contributed by atoms with Gasteiger partial charge in [-0.1, -0.05) is 147 Å². The van der Waals surface area contributed by atoms with Gasteiger partial charge >= 0.3 is 52.7 Å². The minimum absolute atomic E-state index is 0.310. The minimum atomic E-state index is -2.66. The van der Waals surface area contributed by atoms with E-state index in [-0.39, 0.29) is 0 Å². The molecule has 0 fully saturated rings. The summed E-state index contributed by atoms with van der Waals surface area (Å²) in [4.78, 5) is 40.9. The Kier molecular flexibility index (Phi) is 25.2. The number of carbonyl (C=O) groups is 3. The molecule has 0 bridgehead atoms. The normalized spacial score (nSPS) is 14.5. The fourth-order valence-corrected chi connectivity index (χ4v) is 50.5. The molecule has 0 spiro atoms. The second kappa shape index (κ2) is 32.3. The molecule has 0 heterocycles. The second-order valence-corrected chi connectivity index (χ2v) is 65.8. The number of ether oxygens (including phenoxy) is 6.